The number of benzene rings is 2. The molecule has 4 atom stereocenters. The van der Waals surface area contributed by atoms with E-state index >= 15 is 0 Å². The number of hydrogen-bond acceptors (Lipinski definition) is 10. The second kappa shape index (κ2) is 15.0. The van der Waals surface area contributed by atoms with Crippen molar-refractivity contribution in [2.24, 2.45) is 0 Å². The molecule has 200 valence electrons. The van der Waals surface area contributed by atoms with Gasteiger partial charge in [-0.1, -0.05) is 59.8 Å². The van der Waals surface area contributed by atoms with Crippen LogP contribution in [0.4, 0.5) is 0 Å². The number of ether oxygens (including phenoxy) is 5. The lowest BCUT2D eigenvalue weighted by atomic mass is 10.1. The van der Waals surface area contributed by atoms with Crippen LogP contribution in [-0.4, -0.2) is 54.2 Å². The van der Waals surface area contributed by atoms with Crippen LogP contribution in [0.2, 0.25) is 0 Å². The van der Waals surface area contributed by atoms with Crippen molar-refractivity contribution in [2.45, 2.75) is 69.9 Å². The van der Waals surface area contributed by atoms with Gasteiger partial charge < -0.3 is 23.7 Å². The molecule has 0 spiro atoms. The van der Waals surface area contributed by atoms with Crippen molar-refractivity contribution in [2.75, 3.05) is 6.61 Å². The van der Waals surface area contributed by atoms with Crippen LogP contribution in [0.15, 0.2) is 59.5 Å². The highest BCUT2D eigenvalue weighted by atomic mass is 32.2. The van der Waals surface area contributed by atoms with Crippen LogP contribution in [0.25, 0.3) is 0 Å². The second-order valence-electron chi connectivity index (χ2n) is 8.21. The fourth-order valence-corrected chi connectivity index (χ4v) is 4.45. The largest absolute Gasteiger partial charge is 0.456 e. The topological polar surface area (TPSA) is 114 Å². The van der Waals surface area contributed by atoms with Gasteiger partial charge in [0.25, 0.3) is 0 Å². The molecule has 0 aromatic heterocycles. The lowest BCUT2D eigenvalue weighted by Crippen LogP contribution is -2.52. The van der Waals surface area contributed by atoms with Crippen molar-refractivity contribution >= 4 is 35.6 Å². The molecule has 0 aliphatic heterocycles. The lowest BCUT2D eigenvalue weighted by Gasteiger charge is -2.35. The minimum Gasteiger partial charge on any atom is -0.456 e. The summed E-state index contributed by atoms with van der Waals surface area (Å²) in [5.41, 5.74) is 0.756. The Morgan fingerprint density at radius 3 is 1.78 bits per heavy atom. The van der Waals surface area contributed by atoms with Gasteiger partial charge in [0.2, 0.25) is 0 Å². The third kappa shape index (κ3) is 11.1. The van der Waals surface area contributed by atoms with Crippen molar-refractivity contribution in [1.82, 2.24) is 0 Å². The van der Waals surface area contributed by atoms with Crippen molar-refractivity contribution in [3.8, 4) is 0 Å². The Kier molecular flexibility index (Phi) is 12.1. The zero-order chi connectivity index (χ0) is 27.4. The second-order valence-corrected chi connectivity index (χ2v) is 9.38. The summed E-state index contributed by atoms with van der Waals surface area (Å²) in [6.07, 6.45) is -3.85. The summed E-state index contributed by atoms with van der Waals surface area (Å²) in [7, 11) is 0. The van der Waals surface area contributed by atoms with Gasteiger partial charge in [-0.15, -0.1) is 0 Å². The Morgan fingerprint density at radius 1 is 0.703 bits per heavy atom. The van der Waals surface area contributed by atoms with Gasteiger partial charge >= 0.3 is 23.9 Å². The molecule has 0 radical (unpaired) electrons. The number of thioether (sulfide) groups is 1. The van der Waals surface area contributed by atoms with Crippen LogP contribution in [0.3, 0.4) is 0 Å². The van der Waals surface area contributed by atoms with Gasteiger partial charge in [-0.05, 0) is 24.6 Å². The summed E-state index contributed by atoms with van der Waals surface area (Å²) >= 11 is 1.10. The summed E-state index contributed by atoms with van der Waals surface area (Å²) in [5, 5.41) is 0. The van der Waals surface area contributed by atoms with Crippen LogP contribution in [0.1, 0.15) is 38.8 Å². The normalized spacial score (nSPS) is 14.0. The maximum Gasteiger partial charge on any atom is 0.303 e. The molecule has 1 unspecified atom stereocenters. The smallest absolute Gasteiger partial charge is 0.303 e. The molecule has 2 rings (SSSR count). The molecule has 0 aliphatic rings. The first-order valence-corrected chi connectivity index (χ1v) is 12.5. The molecule has 2 aromatic rings. The maximum absolute atomic E-state index is 12.1. The molecular weight excluding hydrogens is 500 g/mol. The fraction of sp³-hybridized carbons (Fsp3) is 0.407. The highest BCUT2D eigenvalue weighted by molar-refractivity contribution is 7.99. The molecule has 0 heterocycles. The average molecular weight is 533 g/mol. The molecule has 9 nitrogen and oxygen atoms in total. The number of hydrogen-bond donors (Lipinski definition) is 0. The van der Waals surface area contributed by atoms with Crippen molar-refractivity contribution < 1.29 is 42.9 Å². The third-order valence-corrected chi connectivity index (χ3v) is 5.97. The molecular formula is C27H32O9S. The molecule has 0 fully saturated rings. The number of carbonyl (C=O) groups is 4. The van der Waals surface area contributed by atoms with Gasteiger partial charge in [-0.2, -0.15) is 0 Å². The highest BCUT2D eigenvalue weighted by Gasteiger charge is 2.44. The Hall–Kier alpha value is -3.37. The van der Waals surface area contributed by atoms with E-state index in [0.717, 1.165) is 22.9 Å². The zero-order valence-corrected chi connectivity index (χ0v) is 22.3. The van der Waals surface area contributed by atoms with Crippen LogP contribution < -0.4 is 0 Å². The van der Waals surface area contributed by atoms with Crippen molar-refractivity contribution in [3.63, 3.8) is 0 Å². The molecule has 10 heteroatoms. The number of aryl methyl sites for hydroxylation is 1. The van der Waals surface area contributed by atoms with E-state index < -0.39 is 47.6 Å². The molecule has 0 bridgehead atoms. The zero-order valence-electron chi connectivity index (χ0n) is 21.5. The van der Waals surface area contributed by atoms with E-state index in [1.807, 2.05) is 61.5 Å². The van der Waals surface area contributed by atoms with E-state index in [9.17, 15) is 19.2 Å². The Labute approximate surface area is 220 Å². The van der Waals surface area contributed by atoms with Gasteiger partial charge in [-0.25, -0.2) is 0 Å². The van der Waals surface area contributed by atoms with E-state index in [2.05, 4.69) is 0 Å². The first-order chi connectivity index (χ1) is 17.5. The van der Waals surface area contributed by atoms with E-state index in [0.29, 0.717) is 4.90 Å². The highest BCUT2D eigenvalue weighted by Crippen LogP contribution is 2.32. The quantitative estimate of drug-likeness (QED) is 0.162. The van der Waals surface area contributed by atoms with E-state index in [-0.39, 0.29) is 13.2 Å². The van der Waals surface area contributed by atoms with Crippen LogP contribution in [0, 0.1) is 6.92 Å². The average Bonchev–Trinajstić information content (AvgIpc) is 2.81. The molecule has 0 aliphatic carbocycles. The molecule has 37 heavy (non-hydrogen) atoms. The lowest BCUT2D eigenvalue weighted by molar-refractivity contribution is -0.196. The minimum atomic E-state index is -1.34. The van der Waals surface area contributed by atoms with Gasteiger partial charge in [0.1, 0.15) is 0 Å². The van der Waals surface area contributed by atoms with Crippen molar-refractivity contribution in [3.05, 3.63) is 65.7 Å². The summed E-state index contributed by atoms with van der Waals surface area (Å²) in [4.78, 5) is 48.9. The van der Waals surface area contributed by atoms with E-state index in [1.165, 1.54) is 27.7 Å². The molecule has 0 N–H and O–H groups in total. The SMILES string of the molecule is CC(=O)OC(Sc1ccc(C)cc1)[C@H](OC(C)=O)[C@H](OC(C)=O)[C@H](COCc1ccccc1)OC(C)=O. The van der Waals surface area contributed by atoms with Crippen LogP contribution in [0.5, 0.6) is 0 Å². The summed E-state index contributed by atoms with van der Waals surface area (Å²) in [6, 6.07) is 16.7. The minimum absolute atomic E-state index is 0.188. The Bertz CT molecular complexity index is 1040. The maximum atomic E-state index is 12.1. The summed E-state index contributed by atoms with van der Waals surface area (Å²) < 4.78 is 27.8. The summed E-state index contributed by atoms with van der Waals surface area (Å²) in [5.74, 6) is -2.74. The standard InChI is InChI=1S/C27H32O9S/c1-17-11-13-23(14-12-17)37-27(36-21(5)31)26(35-20(4)30)25(34-19(3)29)24(33-18(2)28)16-32-15-22-9-7-6-8-10-22/h6-14,24-27H,15-16H2,1-5H3/t24-,25+,26+,27?/m0/s1. The monoisotopic (exact) mass is 532 g/mol. The van der Waals surface area contributed by atoms with Crippen LogP contribution >= 0.6 is 11.8 Å². The van der Waals surface area contributed by atoms with E-state index in [1.54, 1.807) is 0 Å². The third-order valence-electron chi connectivity index (χ3n) is 4.83. The molecule has 0 saturated carbocycles. The van der Waals surface area contributed by atoms with Gasteiger partial charge in [0.05, 0.1) is 13.2 Å². The van der Waals surface area contributed by atoms with Gasteiger partial charge in [0.15, 0.2) is 23.7 Å². The van der Waals surface area contributed by atoms with E-state index in [4.69, 9.17) is 23.7 Å². The number of esters is 4. The van der Waals surface area contributed by atoms with Gasteiger partial charge in [-0.3, -0.25) is 19.2 Å². The first kappa shape index (κ1) is 29.9. The van der Waals surface area contributed by atoms with Gasteiger partial charge in [0, 0.05) is 32.6 Å². The Morgan fingerprint density at radius 2 is 1.24 bits per heavy atom. The predicted octanol–water partition coefficient (Wildman–Crippen LogP) is 3.99. The number of carbonyl (C=O) groups excluding carboxylic acids is 4. The first-order valence-electron chi connectivity index (χ1n) is 11.6. The molecule has 0 amide bonds. The van der Waals surface area contributed by atoms with Crippen LogP contribution in [-0.2, 0) is 49.5 Å². The Balaban J connectivity index is 2.42. The number of rotatable bonds is 13. The fourth-order valence-electron chi connectivity index (χ4n) is 3.36. The molecule has 2 aromatic carbocycles. The summed E-state index contributed by atoms with van der Waals surface area (Å²) in [6.45, 7) is 6.67. The van der Waals surface area contributed by atoms with Crippen molar-refractivity contribution in [1.29, 1.82) is 0 Å². The predicted molar refractivity (Wildman–Crippen MR) is 135 cm³/mol. The molecule has 0 saturated heterocycles.